The lowest BCUT2D eigenvalue weighted by atomic mass is 10.4. The molecule has 86 valence electrons. The second-order valence-corrected chi connectivity index (χ2v) is 3.30. The predicted molar refractivity (Wildman–Crippen MR) is 60.4 cm³/mol. The van der Waals surface area contributed by atoms with Crippen LogP contribution in [0.4, 0.5) is 10.2 Å². The lowest BCUT2D eigenvalue weighted by molar-refractivity contribution is 0.335. The molecule has 0 spiro atoms. The van der Waals surface area contributed by atoms with Crippen molar-refractivity contribution in [2.45, 2.75) is 6.92 Å². The average Bonchev–Trinajstić information content (AvgIpc) is 2.28. The monoisotopic (exact) mass is 222 g/mol. The molecule has 0 fully saturated rings. The summed E-state index contributed by atoms with van der Waals surface area (Å²) in [5.41, 5.74) is 0. The average molecular weight is 222 g/mol. The van der Waals surface area contributed by atoms with Crippen LogP contribution in [0.5, 0.6) is 0 Å². The number of pyridine rings is 1. The van der Waals surface area contributed by atoms with Crippen molar-refractivity contribution in [1.29, 1.82) is 5.26 Å². The van der Waals surface area contributed by atoms with Crippen molar-refractivity contribution in [3.8, 4) is 6.07 Å². The molecular formula is C11H15FN4. The third kappa shape index (κ3) is 4.24. The maximum atomic E-state index is 12.7. The van der Waals surface area contributed by atoms with Crippen LogP contribution in [-0.4, -0.2) is 36.1 Å². The van der Waals surface area contributed by atoms with Crippen LogP contribution in [0.25, 0.3) is 0 Å². The zero-order valence-corrected chi connectivity index (χ0v) is 9.28. The number of halogens is 1. The zero-order valence-electron chi connectivity index (χ0n) is 9.28. The van der Waals surface area contributed by atoms with Crippen molar-refractivity contribution >= 4 is 5.82 Å². The molecule has 1 heterocycles. The van der Waals surface area contributed by atoms with Crippen LogP contribution in [0.2, 0.25) is 0 Å². The van der Waals surface area contributed by atoms with E-state index in [4.69, 9.17) is 5.26 Å². The van der Waals surface area contributed by atoms with Gasteiger partial charge in [-0.25, -0.2) is 4.98 Å². The molecule has 1 rings (SSSR count). The number of rotatable bonds is 6. The van der Waals surface area contributed by atoms with E-state index in [1.54, 1.807) is 12.1 Å². The lowest BCUT2D eigenvalue weighted by Gasteiger charge is -2.16. The maximum absolute atomic E-state index is 12.7. The molecule has 0 amide bonds. The Morgan fingerprint density at radius 1 is 1.56 bits per heavy atom. The van der Waals surface area contributed by atoms with Gasteiger partial charge in [0.15, 0.2) is 0 Å². The van der Waals surface area contributed by atoms with Gasteiger partial charge in [-0.2, -0.15) is 9.65 Å². The summed E-state index contributed by atoms with van der Waals surface area (Å²) >= 11 is 0. The summed E-state index contributed by atoms with van der Waals surface area (Å²) in [6.07, 6.45) is 0. The number of nitriles is 1. The minimum atomic E-state index is -0.491. The van der Waals surface area contributed by atoms with E-state index in [0.29, 0.717) is 18.9 Å². The van der Waals surface area contributed by atoms with E-state index in [9.17, 15) is 4.39 Å². The summed E-state index contributed by atoms with van der Waals surface area (Å²) in [4.78, 5) is 5.67. The lowest BCUT2D eigenvalue weighted by Crippen LogP contribution is -2.29. The number of nitrogens with zero attached hydrogens (tertiary/aromatic N) is 3. The molecule has 0 radical (unpaired) electrons. The van der Waals surface area contributed by atoms with Gasteiger partial charge in [0, 0.05) is 13.1 Å². The van der Waals surface area contributed by atoms with Gasteiger partial charge in [0.2, 0.25) is 5.95 Å². The first-order valence-electron chi connectivity index (χ1n) is 5.22. The number of anilines is 1. The van der Waals surface area contributed by atoms with E-state index in [-0.39, 0.29) is 0 Å². The molecule has 0 aromatic carbocycles. The van der Waals surface area contributed by atoms with Gasteiger partial charge in [-0.3, -0.25) is 4.90 Å². The third-order valence-electron chi connectivity index (χ3n) is 2.19. The van der Waals surface area contributed by atoms with Crippen molar-refractivity contribution < 1.29 is 4.39 Å². The van der Waals surface area contributed by atoms with Crippen LogP contribution in [-0.2, 0) is 0 Å². The van der Waals surface area contributed by atoms with E-state index in [2.05, 4.69) is 16.4 Å². The molecule has 0 saturated carbocycles. The molecule has 0 aliphatic rings. The molecule has 0 atom stereocenters. The highest BCUT2D eigenvalue weighted by atomic mass is 19.1. The van der Waals surface area contributed by atoms with Crippen LogP contribution in [0.15, 0.2) is 18.2 Å². The number of hydrogen-bond acceptors (Lipinski definition) is 4. The normalized spacial score (nSPS) is 10.1. The molecule has 1 aromatic rings. The summed E-state index contributed by atoms with van der Waals surface area (Å²) in [5.74, 6) is 0.0300. The van der Waals surface area contributed by atoms with Crippen molar-refractivity contribution in [2.24, 2.45) is 0 Å². The van der Waals surface area contributed by atoms with Gasteiger partial charge < -0.3 is 5.32 Å². The highest BCUT2D eigenvalue weighted by Crippen LogP contribution is 2.02. The first-order chi connectivity index (χ1) is 7.76. The molecule has 0 saturated heterocycles. The van der Waals surface area contributed by atoms with Crippen LogP contribution in [0.1, 0.15) is 6.92 Å². The van der Waals surface area contributed by atoms with Crippen molar-refractivity contribution in [3.63, 3.8) is 0 Å². The molecule has 0 bridgehead atoms. The second-order valence-electron chi connectivity index (χ2n) is 3.30. The number of aromatic nitrogens is 1. The Kier molecular flexibility index (Phi) is 5.23. The molecule has 0 aliphatic heterocycles. The Hall–Kier alpha value is -1.67. The largest absolute Gasteiger partial charge is 0.369 e. The van der Waals surface area contributed by atoms with E-state index < -0.39 is 5.95 Å². The molecule has 0 unspecified atom stereocenters. The summed E-state index contributed by atoms with van der Waals surface area (Å²) in [7, 11) is 0. The van der Waals surface area contributed by atoms with Gasteiger partial charge in [0.05, 0.1) is 12.6 Å². The molecule has 1 aromatic heterocycles. The minimum absolute atomic E-state index is 0.411. The Morgan fingerprint density at radius 3 is 3.00 bits per heavy atom. The fourth-order valence-electron chi connectivity index (χ4n) is 1.30. The SMILES string of the molecule is CCN(CC#N)CCNc1cccc(F)n1. The van der Waals surface area contributed by atoms with Gasteiger partial charge in [-0.1, -0.05) is 13.0 Å². The first kappa shape index (κ1) is 12.4. The smallest absolute Gasteiger partial charge is 0.214 e. The fourth-order valence-corrected chi connectivity index (χ4v) is 1.30. The first-order valence-corrected chi connectivity index (χ1v) is 5.22. The topological polar surface area (TPSA) is 52.0 Å². The van der Waals surface area contributed by atoms with Crippen molar-refractivity contribution in [3.05, 3.63) is 24.1 Å². The molecule has 5 heteroatoms. The molecular weight excluding hydrogens is 207 g/mol. The van der Waals surface area contributed by atoms with Crippen molar-refractivity contribution in [2.75, 3.05) is 31.5 Å². The van der Waals surface area contributed by atoms with Crippen LogP contribution < -0.4 is 5.32 Å². The van der Waals surface area contributed by atoms with Gasteiger partial charge in [-0.05, 0) is 18.7 Å². The second kappa shape index (κ2) is 6.75. The summed E-state index contributed by atoms with van der Waals surface area (Å²) in [6, 6.07) is 6.72. The van der Waals surface area contributed by atoms with Gasteiger partial charge in [-0.15, -0.1) is 0 Å². The quantitative estimate of drug-likeness (QED) is 0.585. The minimum Gasteiger partial charge on any atom is -0.369 e. The molecule has 16 heavy (non-hydrogen) atoms. The summed E-state index contributed by atoms with van der Waals surface area (Å²) < 4.78 is 12.7. The van der Waals surface area contributed by atoms with Gasteiger partial charge >= 0.3 is 0 Å². The Bertz CT molecular complexity index is 361. The van der Waals surface area contributed by atoms with E-state index >= 15 is 0 Å². The van der Waals surface area contributed by atoms with E-state index in [0.717, 1.165) is 13.1 Å². The maximum Gasteiger partial charge on any atom is 0.214 e. The zero-order chi connectivity index (χ0) is 11.8. The third-order valence-corrected chi connectivity index (χ3v) is 2.19. The van der Waals surface area contributed by atoms with Crippen LogP contribution >= 0.6 is 0 Å². The Labute approximate surface area is 94.7 Å². The molecule has 4 nitrogen and oxygen atoms in total. The van der Waals surface area contributed by atoms with E-state index in [1.807, 2.05) is 11.8 Å². The number of nitrogens with one attached hydrogen (secondary N) is 1. The van der Waals surface area contributed by atoms with Crippen LogP contribution in [0, 0.1) is 17.3 Å². The Morgan fingerprint density at radius 2 is 2.38 bits per heavy atom. The van der Waals surface area contributed by atoms with Crippen LogP contribution in [0.3, 0.4) is 0 Å². The summed E-state index contributed by atoms with van der Waals surface area (Å²) in [5, 5.41) is 11.6. The Balaban J connectivity index is 2.32. The predicted octanol–water partition coefficient (Wildman–Crippen LogP) is 1.48. The van der Waals surface area contributed by atoms with E-state index in [1.165, 1.54) is 6.07 Å². The number of hydrogen-bond donors (Lipinski definition) is 1. The van der Waals surface area contributed by atoms with Crippen molar-refractivity contribution in [1.82, 2.24) is 9.88 Å². The highest BCUT2D eigenvalue weighted by molar-refractivity contribution is 5.33. The molecule has 0 aliphatic carbocycles. The van der Waals surface area contributed by atoms with Gasteiger partial charge in [0.25, 0.3) is 0 Å². The summed E-state index contributed by atoms with van der Waals surface area (Å²) in [6.45, 7) is 4.62. The fraction of sp³-hybridized carbons (Fsp3) is 0.455. The standard InChI is InChI=1S/C11H15FN4/c1-2-16(8-6-13)9-7-14-11-5-3-4-10(12)15-11/h3-5H,2,7-9H2,1H3,(H,14,15). The molecule has 1 N–H and O–H groups in total. The van der Waals surface area contributed by atoms with Gasteiger partial charge in [0.1, 0.15) is 5.82 Å². The number of likely N-dealkylation sites (N-methyl/N-ethyl adjacent to an activating group) is 1. The highest BCUT2D eigenvalue weighted by Gasteiger charge is 2.01.